The van der Waals surface area contributed by atoms with Gasteiger partial charge in [-0.2, -0.15) is 11.8 Å². The molecule has 1 atom stereocenters. The van der Waals surface area contributed by atoms with Crippen molar-refractivity contribution >= 4 is 17.7 Å². The molecule has 0 saturated carbocycles. The van der Waals surface area contributed by atoms with Crippen LogP contribution in [0.4, 0.5) is 0 Å². The molecular weight excluding hydrogens is 246 g/mol. The second-order valence-electron chi connectivity index (χ2n) is 4.68. The predicted molar refractivity (Wildman–Crippen MR) is 74.8 cm³/mol. The van der Waals surface area contributed by atoms with Crippen molar-refractivity contribution in [1.82, 2.24) is 4.90 Å². The number of piperidine rings is 1. The van der Waals surface area contributed by atoms with Gasteiger partial charge < -0.3 is 10.0 Å². The first kappa shape index (κ1) is 13.4. The average molecular weight is 265 g/mol. The van der Waals surface area contributed by atoms with E-state index >= 15 is 0 Å². The summed E-state index contributed by atoms with van der Waals surface area (Å²) in [5.74, 6) is 0.959. The molecule has 0 aliphatic carbocycles. The third kappa shape index (κ3) is 3.27. The molecule has 1 aromatic carbocycles. The minimum atomic E-state index is -0.364. The van der Waals surface area contributed by atoms with Crippen LogP contribution in [-0.2, 0) is 5.75 Å². The van der Waals surface area contributed by atoms with E-state index in [1.807, 2.05) is 24.3 Å². The molecule has 0 spiro atoms. The van der Waals surface area contributed by atoms with Gasteiger partial charge in [-0.25, -0.2) is 0 Å². The van der Waals surface area contributed by atoms with E-state index in [-0.39, 0.29) is 12.0 Å². The van der Waals surface area contributed by atoms with Crippen molar-refractivity contribution in [3.8, 4) is 0 Å². The van der Waals surface area contributed by atoms with E-state index < -0.39 is 0 Å². The number of β-amino-alcohol motifs (C(OH)–C–C–N with tert-alkyl or cyclic N) is 1. The number of amides is 1. The number of hydrogen-bond acceptors (Lipinski definition) is 3. The standard InChI is InChI=1S/C14H19NO2S/c1-18-10-11-4-2-5-12(8-11)14(17)15-7-3-6-13(16)9-15/h2,4-5,8,13,16H,3,6-7,9-10H2,1H3/t13-/m0/s1. The molecule has 1 amide bonds. The maximum atomic E-state index is 12.3. The molecule has 1 N–H and O–H groups in total. The number of nitrogens with zero attached hydrogens (tertiary/aromatic N) is 1. The summed E-state index contributed by atoms with van der Waals surface area (Å²) in [5, 5.41) is 9.62. The van der Waals surface area contributed by atoms with Gasteiger partial charge in [0.1, 0.15) is 0 Å². The van der Waals surface area contributed by atoms with Crippen molar-refractivity contribution < 1.29 is 9.90 Å². The highest BCUT2D eigenvalue weighted by Gasteiger charge is 2.22. The monoisotopic (exact) mass is 265 g/mol. The summed E-state index contributed by atoms with van der Waals surface area (Å²) in [4.78, 5) is 14.1. The van der Waals surface area contributed by atoms with Crippen LogP contribution >= 0.6 is 11.8 Å². The first-order chi connectivity index (χ1) is 8.70. The molecule has 0 bridgehead atoms. The quantitative estimate of drug-likeness (QED) is 0.910. The smallest absolute Gasteiger partial charge is 0.253 e. The molecule has 1 aliphatic heterocycles. The summed E-state index contributed by atoms with van der Waals surface area (Å²) in [6.45, 7) is 1.22. The van der Waals surface area contributed by atoms with E-state index in [4.69, 9.17) is 0 Å². The van der Waals surface area contributed by atoms with Crippen LogP contribution < -0.4 is 0 Å². The van der Waals surface area contributed by atoms with Crippen LogP contribution in [0.2, 0.25) is 0 Å². The predicted octanol–water partition coefficient (Wildman–Crippen LogP) is 2.15. The maximum Gasteiger partial charge on any atom is 0.253 e. The number of carbonyl (C=O) groups is 1. The molecule has 0 radical (unpaired) electrons. The van der Waals surface area contributed by atoms with E-state index in [2.05, 4.69) is 6.26 Å². The normalized spacial score (nSPS) is 19.9. The Labute approximate surface area is 112 Å². The Bertz CT molecular complexity index is 422. The number of carbonyl (C=O) groups excluding carboxylic acids is 1. The minimum Gasteiger partial charge on any atom is -0.391 e. The molecule has 0 unspecified atom stereocenters. The zero-order chi connectivity index (χ0) is 13.0. The molecule has 2 rings (SSSR count). The van der Waals surface area contributed by atoms with E-state index in [0.717, 1.165) is 30.7 Å². The first-order valence-corrected chi connectivity index (χ1v) is 7.65. The highest BCUT2D eigenvalue weighted by Crippen LogP contribution is 2.16. The zero-order valence-electron chi connectivity index (χ0n) is 10.6. The average Bonchev–Trinajstić information content (AvgIpc) is 2.39. The molecule has 3 nitrogen and oxygen atoms in total. The third-order valence-corrected chi connectivity index (χ3v) is 3.79. The summed E-state index contributed by atoms with van der Waals surface area (Å²) >= 11 is 1.75. The van der Waals surface area contributed by atoms with Gasteiger partial charge in [0, 0.05) is 24.4 Å². The largest absolute Gasteiger partial charge is 0.391 e. The van der Waals surface area contributed by atoms with Crippen molar-refractivity contribution in [3.05, 3.63) is 35.4 Å². The fourth-order valence-electron chi connectivity index (χ4n) is 2.28. The van der Waals surface area contributed by atoms with Gasteiger partial charge in [-0.3, -0.25) is 4.79 Å². The number of rotatable bonds is 3. The van der Waals surface area contributed by atoms with E-state index in [9.17, 15) is 9.90 Å². The third-order valence-electron chi connectivity index (χ3n) is 3.17. The topological polar surface area (TPSA) is 40.5 Å². The first-order valence-electron chi connectivity index (χ1n) is 6.26. The van der Waals surface area contributed by atoms with Crippen LogP contribution in [0.1, 0.15) is 28.8 Å². The molecule has 1 saturated heterocycles. The van der Waals surface area contributed by atoms with Crippen molar-refractivity contribution in [1.29, 1.82) is 0 Å². The molecule has 4 heteroatoms. The molecule has 1 aromatic rings. The molecule has 18 heavy (non-hydrogen) atoms. The second-order valence-corrected chi connectivity index (χ2v) is 5.55. The summed E-state index contributed by atoms with van der Waals surface area (Å²) in [7, 11) is 0. The van der Waals surface area contributed by atoms with Crippen LogP contribution in [-0.4, -0.2) is 41.4 Å². The van der Waals surface area contributed by atoms with Gasteiger partial charge in [-0.05, 0) is 36.8 Å². The van der Waals surface area contributed by atoms with Crippen molar-refractivity contribution in [2.45, 2.75) is 24.7 Å². The number of aliphatic hydroxyl groups excluding tert-OH is 1. The van der Waals surface area contributed by atoms with Crippen molar-refractivity contribution in [2.24, 2.45) is 0 Å². The van der Waals surface area contributed by atoms with Crippen LogP contribution in [0, 0.1) is 0 Å². The van der Waals surface area contributed by atoms with Gasteiger partial charge in [0.25, 0.3) is 5.91 Å². The molecule has 1 fully saturated rings. The van der Waals surface area contributed by atoms with E-state index in [1.165, 1.54) is 5.56 Å². The Hall–Kier alpha value is -1.00. The number of thioether (sulfide) groups is 1. The summed E-state index contributed by atoms with van der Waals surface area (Å²) in [6, 6.07) is 7.78. The van der Waals surface area contributed by atoms with Gasteiger partial charge in [-0.15, -0.1) is 0 Å². The lowest BCUT2D eigenvalue weighted by Gasteiger charge is -2.30. The Balaban J connectivity index is 2.10. The fourth-order valence-corrected chi connectivity index (χ4v) is 2.80. The van der Waals surface area contributed by atoms with Gasteiger partial charge in [0.2, 0.25) is 0 Å². The summed E-state index contributed by atoms with van der Waals surface area (Å²) in [5.41, 5.74) is 1.90. The number of likely N-dealkylation sites (tertiary alicyclic amines) is 1. The van der Waals surface area contributed by atoms with Crippen molar-refractivity contribution in [2.75, 3.05) is 19.3 Å². The Morgan fingerprint density at radius 2 is 2.39 bits per heavy atom. The van der Waals surface area contributed by atoms with Gasteiger partial charge in [0.05, 0.1) is 6.10 Å². The molecule has 98 valence electrons. The lowest BCUT2D eigenvalue weighted by Crippen LogP contribution is -2.42. The zero-order valence-corrected chi connectivity index (χ0v) is 11.4. The lowest BCUT2D eigenvalue weighted by atomic mass is 10.1. The Morgan fingerprint density at radius 3 is 3.11 bits per heavy atom. The van der Waals surface area contributed by atoms with E-state index in [1.54, 1.807) is 16.7 Å². The SMILES string of the molecule is CSCc1cccc(C(=O)N2CCC[C@H](O)C2)c1. The summed E-state index contributed by atoms with van der Waals surface area (Å²) in [6.07, 6.45) is 3.38. The highest BCUT2D eigenvalue weighted by atomic mass is 32.2. The molecule has 1 heterocycles. The number of hydrogen-bond donors (Lipinski definition) is 1. The highest BCUT2D eigenvalue weighted by molar-refractivity contribution is 7.97. The van der Waals surface area contributed by atoms with Crippen LogP contribution in [0.3, 0.4) is 0 Å². The number of aliphatic hydroxyl groups is 1. The molecule has 1 aliphatic rings. The Morgan fingerprint density at radius 1 is 1.56 bits per heavy atom. The van der Waals surface area contributed by atoms with Gasteiger partial charge >= 0.3 is 0 Å². The van der Waals surface area contributed by atoms with E-state index in [0.29, 0.717) is 6.54 Å². The van der Waals surface area contributed by atoms with Gasteiger partial charge in [-0.1, -0.05) is 12.1 Å². The molecular formula is C14H19NO2S. The lowest BCUT2D eigenvalue weighted by molar-refractivity contribution is 0.0473. The maximum absolute atomic E-state index is 12.3. The van der Waals surface area contributed by atoms with Crippen LogP contribution in [0.25, 0.3) is 0 Å². The van der Waals surface area contributed by atoms with Crippen LogP contribution in [0.15, 0.2) is 24.3 Å². The Kier molecular flexibility index (Phi) is 4.66. The molecule has 0 aromatic heterocycles. The second kappa shape index (κ2) is 6.25. The fraction of sp³-hybridized carbons (Fsp3) is 0.500. The van der Waals surface area contributed by atoms with Gasteiger partial charge in [0.15, 0.2) is 0 Å². The minimum absolute atomic E-state index is 0.0386. The van der Waals surface area contributed by atoms with Crippen molar-refractivity contribution in [3.63, 3.8) is 0 Å². The number of benzene rings is 1. The van der Waals surface area contributed by atoms with Crippen LogP contribution in [0.5, 0.6) is 0 Å². The summed E-state index contributed by atoms with van der Waals surface area (Å²) < 4.78 is 0.